The summed E-state index contributed by atoms with van der Waals surface area (Å²) in [5.74, 6) is 0. The number of rotatable bonds is 7. The van der Waals surface area contributed by atoms with Gasteiger partial charge in [-0.05, 0) is 118 Å². The van der Waals surface area contributed by atoms with E-state index in [1.54, 1.807) is 0 Å². The van der Waals surface area contributed by atoms with Gasteiger partial charge in [-0.1, -0.05) is 130 Å². The average molecular weight is 645 g/mol. The van der Waals surface area contributed by atoms with E-state index in [0.29, 0.717) is 0 Å². The minimum Gasteiger partial charge on any atom is -0.310 e. The Hall–Kier alpha value is -5.80. The normalized spacial score (nSPS) is 11.7. The molecule has 0 aliphatic carbocycles. The standard InChI is InChI=1S/C47H41BN2/c1-32-26-35(4)47(36(5)27-32)48-43-28-33(2)45(49(37-18-10-6-11-19-37)38-20-12-7-13-21-38)30-41(43)42-31-46(34(3)29-44(42)48)50(39-22-14-8-15-23-39)40-24-16-9-17-25-40/h6-31H,1-5H3. The highest BCUT2D eigenvalue weighted by atomic mass is 15.1. The van der Waals surface area contributed by atoms with E-state index in [0.717, 1.165) is 22.7 Å². The monoisotopic (exact) mass is 644 g/mol. The summed E-state index contributed by atoms with van der Waals surface area (Å²) in [6.45, 7) is 11.5. The minimum atomic E-state index is 0.143. The number of benzene rings is 7. The van der Waals surface area contributed by atoms with Crippen LogP contribution < -0.4 is 26.2 Å². The molecule has 0 radical (unpaired) electrons. The van der Waals surface area contributed by atoms with Crippen LogP contribution in [0, 0.1) is 34.6 Å². The Balaban J connectivity index is 1.41. The maximum Gasteiger partial charge on any atom is 0.243 e. The van der Waals surface area contributed by atoms with Crippen molar-refractivity contribution in [3.05, 3.63) is 186 Å². The fourth-order valence-corrected chi connectivity index (χ4v) is 8.15. The minimum absolute atomic E-state index is 0.143. The van der Waals surface area contributed by atoms with Gasteiger partial charge in [0.2, 0.25) is 6.71 Å². The SMILES string of the molecule is Cc1cc(C)c(B2c3cc(C)c(N(c4ccccc4)c4ccccc4)cc3-c3cc(N(c4ccccc4)c4ccccc4)c(C)cc32)c(C)c1. The Morgan fingerprint density at radius 1 is 0.360 bits per heavy atom. The first-order valence-corrected chi connectivity index (χ1v) is 17.6. The molecule has 0 N–H and O–H groups in total. The van der Waals surface area contributed by atoms with E-state index < -0.39 is 0 Å². The summed E-state index contributed by atoms with van der Waals surface area (Å²) in [5, 5.41) is 0. The molecule has 1 aliphatic heterocycles. The van der Waals surface area contributed by atoms with Crippen molar-refractivity contribution in [2.24, 2.45) is 0 Å². The second kappa shape index (κ2) is 12.9. The summed E-state index contributed by atoms with van der Waals surface area (Å²) in [5.41, 5.74) is 20.2. The van der Waals surface area contributed by atoms with Crippen LogP contribution in [0.15, 0.2) is 158 Å². The van der Waals surface area contributed by atoms with E-state index in [2.05, 4.69) is 202 Å². The lowest BCUT2D eigenvalue weighted by Gasteiger charge is -2.28. The molecule has 1 aliphatic rings. The number of anilines is 6. The highest BCUT2D eigenvalue weighted by Gasteiger charge is 2.37. The van der Waals surface area contributed by atoms with Crippen LogP contribution in [0.4, 0.5) is 34.1 Å². The van der Waals surface area contributed by atoms with Gasteiger partial charge < -0.3 is 9.80 Å². The summed E-state index contributed by atoms with van der Waals surface area (Å²) in [4.78, 5) is 4.81. The largest absolute Gasteiger partial charge is 0.310 e. The number of aryl methyl sites for hydroxylation is 5. The lowest BCUT2D eigenvalue weighted by Crippen LogP contribution is -2.51. The Kier molecular flexibility index (Phi) is 8.13. The molecular weight excluding hydrogens is 603 g/mol. The first kappa shape index (κ1) is 31.5. The van der Waals surface area contributed by atoms with Gasteiger partial charge in [0.05, 0.1) is 0 Å². The van der Waals surface area contributed by atoms with E-state index in [9.17, 15) is 0 Å². The maximum absolute atomic E-state index is 2.47. The highest BCUT2D eigenvalue weighted by molar-refractivity contribution is 6.99. The molecule has 0 unspecified atom stereocenters. The van der Waals surface area contributed by atoms with Crippen molar-refractivity contribution in [2.75, 3.05) is 9.80 Å². The van der Waals surface area contributed by atoms with Crippen LogP contribution in [0.5, 0.6) is 0 Å². The van der Waals surface area contributed by atoms with Crippen LogP contribution in [-0.2, 0) is 0 Å². The van der Waals surface area contributed by atoms with E-state index in [1.807, 2.05) is 0 Å². The molecule has 2 nitrogen and oxygen atoms in total. The van der Waals surface area contributed by atoms with E-state index in [4.69, 9.17) is 0 Å². The summed E-state index contributed by atoms with van der Waals surface area (Å²) in [6.07, 6.45) is 0. The average Bonchev–Trinajstić information content (AvgIpc) is 3.41. The Morgan fingerprint density at radius 2 is 0.680 bits per heavy atom. The Bertz CT molecular complexity index is 2080. The quantitative estimate of drug-likeness (QED) is 0.159. The lowest BCUT2D eigenvalue weighted by atomic mass is 9.37. The second-order valence-electron chi connectivity index (χ2n) is 13.7. The molecule has 0 fully saturated rings. The third-order valence-corrected chi connectivity index (χ3v) is 10.2. The number of hydrogen-bond donors (Lipinski definition) is 0. The van der Waals surface area contributed by atoms with Gasteiger partial charge >= 0.3 is 0 Å². The molecule has 7 aromatic rings. The summed E-state index contributed by atoms with van der Waals surface area (Å²) < 4.78 is 0. The first-order valence-electron chi connectivity index (χ1n) is 17.6. The van der Waals surface area contributed by atoms with Crippen LogP contribution in [0.25, 0.3) is 11.1 Å². The molecule has 50 heavy (non-hydrogen) atoms. The third kappa shape index (κ3) is 5.49. The molecule has 0 amide bonds. The zero-order valence-corrected chi connectivity index (χ0v) is 29.5. The van der Waals surface area contributed by atoms with Gasteiger partial charge in [-0.15, -0.1) is 0 Å². The smallest absolute Gasteiger partial charge is 0.243 e. The summed E-state index contributed by atoms with van der Waals surface area (Å²) >= 11 is 0. The molecule has 0 aromatic heterocycles. The summed E-state index contributed by atoms with van der Waals surface area (Å²) in [6, 6.07) is 57.5. The predicted molar refractivity (Wildman–Crippen MR) is 216 cm³/mol. The predicted octanol–water partition coefficient (Wildman–Crippen LogP) is 10.7. The second-order valence-corrected chi connectivity index (χ2v) is 13.7. The number of fused-ring (bicyclic) bond motifs is 3. The molecule has 1 heterocycles. The van der Waals surface area contributed by atoms with Crippen LogP contribution in [0.2, 0.25) is 0 Å². The Labute approximate surface area is 297 Å². The molecule has 242 valence electrons. The van der Waals surface area contributed by atoms with Crippen molar-refractivity contribution >= 4 is 57.2 Å². The molecular formula is C47H41BN2. The molecule has 0 saturated heterocycles. The van der Waals surface area contributed by atoms with Crippen LogP contribution in [0.1, 0.15) is 27.8 Å². The van der Waals surface area contributed by atoms with Crippen LogP contribution in [-0.4, -0.2) is 6.71 Å². The molecule has 0 spiro atoms. The molecule has 0 saturated carbocycles. The van der Waals surface area contributed by atoms with Crippen molar-refractivity contribution < 1.29 is 0 Å². The first-order chi connectivity index (χ1) is 24.4. The van der Waals surface area contributed by atoms with Crippen molar-refractivity contribution in [1.82, 2.24) is 0 Å². The van der Waals surface area contributed by atoms with Gasteiger partial charge in [-0.25, -0.2) is 0 Å². The molecule has 3 heteroatoms. The van der Waals surface area contributed by atoms with E-state index in [-0.39, 0.29) is 6.71 Å². The van der Waals surface area contributed by atoms with E-state index in [1.165, 1.54) is 66.7 Å². The van der Waals surface area contributed by atoms with Crippen LogP contribution in [0.3, 0.4) is 0 Å². The van der Waals surface area contributed by atoms with Gasteiger partial charge in [0.25, 0.3) is 0 Å². The summed E-state index contributed by atoms with van der Waals surface area (Å²) in [7, 11) is 0. The Morgan fingerprint density at radius 3 is 1.00 bits per heavy atom. The lowest BCUT2D eigenvalue weighted by molar-refractivity contribution is 1.25. The van der Waals surface area contributed by atoms with Crippen molar-refractivity contribution in [3.8, 4) is 11.1 Å². The third-order valence-electron chi connectivity index (χ3n) is 10.2. The highest BCUT2D eigenvalue weighted by Crippen LogP contribution is 2.42. The maximum atomic E-state index is 2.47. The number of nitrogens with zero attached hydrogens (tertiary/aromatic N) is 2. The molecule has 7 aromatic carbocycles. The van der Waals surface area contributed by atoms with Crippen molar-refractivity contribution in [1.29, 1.82) is 0 Å². The number of para-hydroxylation sites is 4. The number of hydrogen-bond acceptors (Lipinski definition) is 2. The van der Waals surface area contributed by atoms with Gasteiger partial charge in [0.1, 0.15) is 0 Å². The van der Waals surface area contributed by atoms with Crippen molar-refractivity contribution in [2.45, 2.75) is 34.6 Å². The van der Waals surface area contributed by atoms with E-state index >= 15 is 0 Å². The fraction of sp³-hybridized carbons (Fsp3) is 0.106. The molecule has 0 bridgehead atoms. The van der Waals surface area contributed by atoms with Gasteiger partial charge in [-0.3, -0.25) is 0 Å². The van der Waals surface area contributed by atoms with Gasteiger partial charge in [-0.2, -0.15) is 0 Å². The fourth-order valence-electron chi connectivity index (χ4n) is 8.15. The molecule has 0 atom stereocenters. The van der Waals surface area contributed by atoms with Gasteiger partial charge in [0, 0.05) is 34.1 Å². The van der Waals surface area contributed by atoms with Gasteiger partial charge in [0.15, 0.2) is 0 Å². The van der Waals surface area contributed by atoms with Crippen molar-refractivity contribution in [3.63, 3.8) is 0 Å². The van der Waals surface area contributed by atoms with Crippen LogP contribution >= 0.6 is 0 Å². The zero-order valence-electron chi connectivity index (χ0n) is 29.5. The molecule has 8 rings (SSSR count). The zero-order chi connectivity index (χ0) is 34.4. The topological polar surface area (TPSA) is 6.48 Å².